The first-order valence-corrected chi connectivity index (χ1v) is 10.7. The maximum atomic E-state index is 6.67. The van der Waals surface area contributed by atoms with Gasteiger partial charge in [-0.2, -0.15) is 0 Å². The molecule has 0 radical (unpaired) electrons. The van der Waals surface area contributed by atoms with Crippen LogP contribution in [-0.4, -0.2) is 19.9 Å². The van der Waals surface area contributed by atoms with Gasteiger partial charge in [-0.15, -0.1) is 35.4 Å². The van der Waals surface area contributed by atoms with Crippen LogP contribution in [0.4, 0.5) is 0 Å². The molecule has 0 aliphatic heterocycles. The van der Waals surface area contributed by atoms with Crippen LogP contribution in [0, 0.1) is 52.4 Å². The second kappa shape index (κ2) is 14.5. The Hall–Kier alpha value is -3.89. The molecule has 36 heavy (non-hydrogen) atoms. The monoisotopic (exact) mass is 651 g/mol. The van der Waals surface area contributed by atoms with Crippen LogP contribution in [-0.2, 0) is 21.1 Å². The molecule has 5 rings (SSSR count). The number of aryl methyl sites for hydroxylation is 4. The Balaban J connectivity index is 0.000000303. The normalized spacial score (nSPS) is 9.17. The van der Waals surface area contributed by atoms with Gasteiger partial charge in [0.05, 0.1) is 11.0 Å². The van der Waals surface area contributed by atoms with E-state index in [2.05, 4.69) is 71.6 Å². The van der Waals surface area contributed by atoms with Crippen molar-refractivity contribution < 1.29 is 21.1 Å². The number of hydrogen-bond donors (Lipinski definition) is 0. The van der Waals surface area contributed by atoms with Crippen molar-refractivity contribution >= 4 is 21.8 Å². The average molecular weight is 652 g/mol. The van der Waals surface area contributed by atoms with Crippen LogP contribution in [0.25, 0.3) is 28.0 Å². The molecule has 0 unspecified atom stereocenters. The largest absolute Gasteiger partial charge is 0.693 e. The van der Waals surface area contributed by atoms with Crippen LogP contribution in [0.1, 0.15) is 33.4 Å². The van der Waals surface area contributed by atoms with Gasteiger partial charge in [-0.05, 0) is 49.9 Å². The maximum Gasteiger partial charge on any atom is 0.0967 e. The second-order valence-corrected chi connectivity index (χ2v) is 7.71. The van der Waals surface area contributed by atoms with Gasteiger partial charge in [0, 0.05) is 69.0 Å². The molecule has 1 aromatic carbocycles. The van der Waals surface area contributed by atoms with Gasteiger partial charge in [0.15, 0.2) is 0 Å². The number of nitrogens with zero attached hydrogens (tertiary/aromatic N) is 4. The van der Waals surface area contributed by atoms with Gasteiger partial charge in [-0.3, -0.25) is 31.8 Å². The van der Waals surface area contributed by atoms with E-state index in [0.717, 1.165) is 22.2 Å². The predicted octanol–water partition coefficient (Wildman–Crippen LogP) is 6.77. The average Bonchev–Trinajstić information content (AvgIpc) is 2.90. The molecule has 0 atom stereocenters. The fourth-order valence-electron chi connectivity index (χ4n) is 3.26. The standard InChI is InChI=1S/C16H16N2.2C7H4N.H2N.Pt/c1-9-7-17-15-13(11(9)3)5-6-14-12(4)10(2)8-18-16(14)15;2*1-2-7-3-5-8-6-4-7;;/h5-8H,1-4H3;2*3-6H;1H2;/q;3*-1;. The summed E-state index contributed by atoms with van der Waals surface area (Å²) in [5, 5.41) is 2.41. The zero-order chi connectivity index (χ0) is 24.5. The first-order valence-electron chi connectivity index (χ1n) is 10.7. The molecule has 4 aromatic heterocycles. The molecule has 0 spiro atoms. The summed E-state index contributed by atoms with van der Waals surface area (Å²) < 4.78 is 0. The quantitative estimate of drug-likeness (QED) is 0.105. The van der Waals surface area contributed by atoms with Gasteiger partial charge in [0.2, 0.25) is 0 Å². The van der Waals surface area contributed by atoms with E-state index >= 15 is 0 Å². The molecule has 0 aliphatic rings. The van der Waals surface area contributed by atoms with Crippen molar-refractivity contribution in [2.24, 2.45) is 0 Å². The summed E-state index contributed by atoms with van der Waals surface area (Å²) in [5.74, 6) is 4.47. The van der Waals surface area contributed by atoms with Crippen LogP contribution in [0.5, 0.6) is 0 Å². The first kappa shape index (κ1) is 30.1. The zero-order valence-corrected chi connectivity index (χ0v) is 22.9. The van der Waals surface area contributed by atoms with Gasteiger partial charge in [0.1, 0.15) is 0 Å². The molecule has 5 aromatic rings. The van der Waals surface area contributed by atoms with Crippen molar-refractivity contribution in [3.63, 3.8) is 0 Å². The van der Waals surface area contributed by atoms with Crippen LogP contribution in [0.3, 0.4) is 0 Å². The number of pyridine rings is 4. The van der Waals surface area contributed by atoms with E-state index in [-0.39, 0.29) is 27.2 Å². The van der Waals surface area contributed by atoms with Gasteiger partial charge in [-0.1, -0.05) is 12.1 Å². The number of aromatic nitrogens is 4. The number of nitrogens with two attached hydrogens (primary N) is 1. The minimum absolute atomic E-state index is 0. The van der Waals surface area contributed by atoms with E-state index < -0.39 is 0 Å². The Morgan fingerprint density at radius 3 is 1.19 bits per heavy atom. The molecule has 4 heterocycles. The minimum atomic E-state index is 0. The molecule has 184 valence electrons. The fourth-order valence-corrected chi connectivity index (χ4v) is 3.26. The van der Waals surface area contributed by atoms with E-state index in [1.54, 1.807) is 49.1 Å². The summed E-state index contributed by atoms with van der Waals surface area (Å²) in [7, 11) is 0. The van der Waals surface area contributed by atoms with Crippen molar-refractivity contribution in [3.8, 4) is 11.8 Å². The molecule has 5 nitrogen and oxygen atoms in total. The molecule has 0 amide bonds. The third kappa shape index (κ3) is 7.30. The van der Waals surface area contributed by atoms with Crippen LogP contribution < -0.4 is 0 Å². The van der Waals surface area contributed by atoms with Crippen molar-refractivity contribution in [2.75, 3.05) is 0 Å². The molecular weight excluding hydrogens is 625 g/mol. The van der Waals surface area contributed by atoms with Crippen LogP contribution in [0.2, 0.25) is 0 Å². The molecule has 2 N–H and O–H groups in total. The van der Waals surface area contributed by atoms with Crippen LogP contribution >= 0.6 is 0 Å². The Morgan fingerprint density at radius 1 is 0.583 bits per heavy atom. The number of rotatable bonds is 0. The van der Waals surface area contributed by atoms with Crippen molar-refractivity contribution in [2.45, 2.75) is 27.7 Å². The van der Waals surface area contributed by atoms with Crippen molar-refractivity contribution in [3.05, 3.63) is 126 Å². The summed E-state index contributed by atoms with van der Waals surface area (Å²) in [6.07, 6.45) is 23.8. The topological polar surface area (TPSA) is 85.1 Å². The third-order valence-corrected chi connectivity index (χ3v) is 5.57. The Morgan fingerprint density at radius 2 is 0.917 bits per heavy atom. The maximum absolute atomic E-state index is 6.67. The Labute approximate surface area is 227 Å². The number of hydrogen-bond acceptors (Lipinski definition) is 4. The molecule has 0 aliphatic carbocycles. The SMILES string of the molecule is Cc1cnc2c(ccc3c(C)c(C)cnc32)c1C.[C-]#Cc1ccncc1.[C-]#Cc1ccncc1.[NH2-].[Pt]. The first-order chi connectivity index (χ1) is 16.5. The van der Waals surface area contributed by atoms with Gasteiger partial charge >= 0.3 is 0 Å². The molecule has 0 saturated heterocycles. The zero-order valence-electron chi connectivity index (χ0n) is 20.6. The molecule has 6 heteroatoms. The van der Waals surface area contributed by atoms with Gasteiger partial charge in [-0.25, -0.2) is 0 Å². The minimum Gasteiger partial charge on any atom is -0.693 e. The Bertz CT molecular complexity index is 1390. The smallest absolute Gasteiger partial charge is 0.0967 e. The fraction of sp³-hybridized carbons (Fsp3) is 0.133. The summed E-state index contributed by atoms with van der Waals surface area (Å²) in [6.45, 7) is 8.48. The summed E-state index contributed by atoms with van der Waals surface area (Å²) in [5.41, 5.74) is 8.60. The second-order valence-electron chi connectivity index (χ2n) is 7.71. The van der Waals surface area contributed by atoms with E-state index in [9.17, 15) is 0 Å². The van der Waals surface area contributed by atoms with E-state index in [0.29, 0.717) is 0 Å². The molecule has 0 saturated carbocycles. The van der Waals surface area contributed by atoms with Gasteiger partial charge < -0.3 is 19.0 Å². The predicted molar refractivity (Wildman–Crippen MR) is 142 cm³/mol. The van der Waals surface area contributed by atoms with Crippen LogP contribution in [0.15, 0.2) is 73.6 Å². The van der Waals surface area contributed by atoms with Crippen molar-refractivity contribution in [1.82, 2.24) is 19.9 Å². The summed E-state index contributed by atoms with van der Waals surface area (Å²) in [6, 6.07) is 11.3. The van der Waals surface area contributed by atoms with Crippen molar-refractivity contribution in [1.29, 1.82) is 0 Å². The van der Waals surface area contributed by atoms with Gasteiger partial charge in [0.25, 0.3) is 0 Å². The molecule has 0 fully saturated rings. The van der Waals surface area contributed by atoms with E-state index in [4.69, 9.17) is 12.8 Å². The molecule has 0 bridgehead atoms. The third-order valence-electron chi connectivity index (χ3n) is 5.57. The van der Waals surface area contributed by atoms with E-state index in [1.807, 2.05) is 12.4 Å². The Kier molecular flexibility index (Phi) is 12.1. The summed E-state index contributed by atoms with van der Waals surface area (Å²) in [4.78, 5) is 16.7. The number of fused-ring (bicyclic) bond motifs is 3. The van der Waals surface area contributed by atoms with E-state index in [1.165, 1.54) is 33.0 Å². The summed E-state index contributed by atoms with van der Waals surface area (Å²) >= 11 is 0. The molecular formula is C30H26N5Pt-3. The number of benzene rings is 1.